The van der Waals surface area contributed by atoms with Crippen molar-refractivity contribution in [2.45, 2.75) is 18.1 Å². The van der Waals surface area contributed by atoms with Crippen LogP contribution in [0, 0.1) is 0 Å². The average molecular weight is 381 g/mol. The number of nitrogens with zero attached hydrogens (tertiary/aromatic N) is 2. The number of hydrogen-bond acceptors (Lipinski definition) is 5. The van der Waals surface area contributed by atoms with E-state index >= 15 is 0 Å². The summed E-state index contributed by atoms with van der Waals surface area (Å²) in [4.78, 5) is 26.4. The van der Waals surface area contributed by atoms with Gasteiger partial charge in [0.05, 0.1) is 5.56 Å². The van der Waals surface area contributed by atoms with Gasteiger partial charge >= 0.3 is 5.97 Å². The summed E-state index contributed by atoms with van der Waals surface area (Å²) in [5, 5.41) is 9.58. The van der Waals surface area contributed by atoms with Crippen molar-refractivity contribution in [2.75, 3.05) is 0 Å². The molecule has 1 aliphatic carbocycles. The van der Waals surface area contributed by atoms with Crippen molar-refractivity contribution in [3.8, 4) is 0 Å². The number of hydrogen-bond donors (Lipinski definition) is 1. The van der Waals surface area contributed by atoms with Crippen molar-refractivity contribution in [2.24, 2.45) is 0 Å². The molecule has 0 fully saturated rings. The van der Waals surface area contributed by atoms with Gasteiger partial charge in [0, 0.05) is 28.4 Å². The van der Waals surface area contributed by atoms with Gasteiger partial charge in [-0.1, -0.05) is 17.7 Å². The summed E-state index contributed by atoms with van der Waals surface area (Å²) >= 11 is 6.01. The number of aromatic nitrogens is 2. The molecule has 2 heterocycles. The van der Waals surface area contributed by atoms with E-state index < -0.39 is 20.7 Å². The topological polar surface area (TPSA) is 106 Å². The molecule has 9 heteroatoms. The Morgan fingerprint density at radius 1 is 1.48 bits per heavy atom. The number of pyridine rings is 1. The minimum atomic E-state index is -4.10. The van der Waals surface area contributed by atoms with Crippen molar-refractivity contribution in [3.05, 3.63) is 52.8 Å². The molecule has 0 saturated heterocycles. The maximum atomic E-state index is 13.2. The average Bonchev–Trinajstić information content (AvgIpc) is 2.95. The Morgan fingerprint density at radius 2 is 2.20 bits per heavy atom. The molecule has 1 atom stereocenters. The highest BCUT2D eigenvalue weighted by molar-refractivity contribution is 7.91. The van der Waals surface area contributed by atoms with Gasteiger partial charge in [-0.15, -0.1) is 0 Å². The SMILES string of the molecule is CC1(S(=O)(=O)n2cc(C(=O)O)c3cccnc32)C=C(Cl)C(C=O)=CC1. The predicted octanol–water partition coefficient (Wildman–Crippen LogP) is 2.32. The maximum Gasteiger partial charge on any atom is 0.337 e. The number of fused-ring (bicyclic) bond motifs is 1. The van der Waals surface area contributed by atoms with Crippen LogP contribution >= 0.6 is 11.6 Å². The van der Waals surface area contributed by atoms with E-state index in [0.29, 0.717) is 6.29 Å². The predicted molar refractivity (Wildman–Crippen MR) is 92.1 cm³/mol. The Labute approximate surface area is 148 Å². The highest BCUT2D eigenvalue weighted by Crippen LogP contribution is 2.36. The van der Waals surface area contributed by atoms with Gasteiger partial charge in [0.1, 0.15) is 4.75 Å². The molecule has 2 aromatic rings. The van der Waals surface area contributed by atoms with Gasteiger partial charge in [0.2, 0.25) is 10.0 Å². The number of allylic oxidation sites excluding steroid dienone is 3. The molecule has 0 saturated carbocycles. The molecule has 1 unspecified atom stereocenters. The van der Waals surface area contributed by atoms with Crippen molar-refractivity contribution in [1.29, 1.82) is 0 Å². The van der Waals surface area contributed by atoms with E-state index in [1.807, 2.05) is 0 Å². The molecular weight excluding hydrogens is 368 g/mol. The Morgan fingerprint density at radius 3 is 2.80 bits per heavy atom. The molecule has 25 heavy (non-hydrogen) atoms. The zero-order valence-corrected chi connectivity index (χ0v) is 14.6. The lowest BCUT2D eigenvalue weighted by molar-refractivity contribution is -0.104. The zero-order valence-electron chi connectivity index (χ0n) is 13.0. The first-order valence-electron chi connectivity index (χ1n) is 7.20. The van der Waals surface area contributed by atoms with Crippen LogP contribution in [0.25, 0.3) is 11.0 Å². The monoisotopic (exact) mass is 380 g/mol. The van der Waals surface area contributed by atoms with Gasteiger partial charge in [-0.05, 0) is 31.6 Å². The summed E-state index contributed by atoms with van der Waals surface area (Å²) < 4.78 is 25.8. The largest absolute Gasteiger partial charge is 0.478 e. The van der Waals surface area contributed by atoms with Crippen molar-refractivity contribution in [1.82, 2.24) is 8.96 Å². The lowest BCUT2D eigenvalue weighted by Gasteiger charge is -2.28. The summed E-state index contributed by atoms with van der Waals surface area (Å²) in [7, 11) is -4.10. The number of carboxylic acids is 1. The third-order valence-electron chi connectivity index (χ3n) is 4.17. The van der Waals surface area contributed by atoms with Crippen molar-refractivity contribution >= 4 is 44.9 Å². The number of carbonyl (C=O) groups excluding carboxylic acids is 1. The Balaban J connectivity index is 2.23. The lowest BCUT2D eigenvalue weighted by atomic mass is 9.98. The van der Waals surface area contributed by atoms with Crippen molar-refractivity contribution < 1.29 is 23.1 Å². The van der Waals surface area contributed by atoms with E-state index in [1.54, 1.807) is 0 Å². The molecule has 0 bridgehead atoms. The van der Waals surface area contributed by atoms with Crippen molar-refractivity contribution in [3.63, 3.8) is 0 Å². The second-order valence-corrected chi connectivity index (χ2v) is 8.49. The summed E-state index contributed by atoms with van der Waals surface area (Å²) in [6, 6.07) is 3.03. The van der Waals surface area contributed by atoms with Crippen LogP contribution in [0.4, 0.5) is 0 Å². The van der Waals surface area contributed by atoms with Gasteiger partial charge < -0.3 is 5.11 Å². The molecular formula is C16H13ClN2O5S. The van der Waals surface area contributed by atoms with E-state index in [2.05, 4.69) is 4.98 Å². The molecule has 0 aliphatic heterocycles. The molecule has 0 spiro atoms. The molecule has 0 amide bonds. The van der Waals surface area contributed by atoms with Crippen LogP contribution in [0.3, 0.4) is 0 Å². The lowest BCUT2D eigenvalue weighted by Crippen LogP contribution is -2.38. The second kappa shape index (κ2) is 5.82. The smallest absolute Gasteiger partial charge is 0.337 e. The molecule has 2 aromatic heterocycles. The fourth-order valence-electron chi connectivity index (χ4n) is 2.71. The van der Waals surface area contributed by atoms with Crippen LogP contribution in [0.2, 0.25) is 0 Å². The fraction of sp³-hybridized carbons (Fsp3) is 0.188. The first-order chi connectivity index (χ1) is 11.7. The van der Waals surface area contributed by atoms with Crippen LogP contribution in [0.5, 0.6) is 0 Å². The number of aromatic carboxylic acids is 1. The van der Waals surface area contributed by atoms with Crippen LogP contribution in [0.15, 0.2) is 47.3 Å². The van der Waals surface area contributed by atoms with Gasteiger partial charge in [-0.3, -0.25) is 4.79 Å². The standard InChI is InChI=1S/C16H13ClN2O5S/c1-16(5-4-10(9-20)13(17)7-16)25(23,24)19-8-12(15(21)22)11-3-2-6-18-14(11)19/h2-4,6-9H,5H2,1H3,(H,21,22). The van der Waals surface area contributed by atoms with E-state index in [9.17, 15) is 23.1 Å². The molecule has 0 aromatic carbocycles. The Bertz CT molecular complexity index is 1070. The summed E-state index contributed by atoms with van der Waals surface area (Å²) in [6.07, 6.45) is 5.75. The summed E-state index contributed by atoms with van der Waals surface area (Å²) in [5.74, 6) is -1.25. The van der Waals surface area contributed by atoms with Gasteiger partial charge in [0.15, 0.2) is 11.9 Å². The normalized spacial score (nSPS) is 20.9. The van der Waals surface area contributed by atoms with Gasteiger partial charge in [-0.25, -0.2) is 22.2 Å². The molecule has 3 rings (SSSR count). The van der Waals surface area contributed by atoms with Crippen LogP contribution in [0.1, 0.15) is 23.7 Å². The first-order valence-corrected chi connectivity index (χ1v) is 9.01. The third-order valence-corrected chi connectivity index (χ3v) is 6.76. The Hall–Kier alpha value is -2.45. The highest BCUT2D eigenvalue weighted by atomic mass is 35.5. The summed E-state index contributed by atoms with van der Waals surface area (Å²) in [6.45, 7) is 1.46. The number of halogens is 1. The molecule has 7 nitrogen and oxygen atoms in total. The molecule has 1 aliphatic rings. The third kappa shape index (κ3) is 2.58. The highest BCUT2D eigenvalue weighted by Gasteiger charge is 2.41. The second-order valence-electron chi connectivity index (χ2n) is 5.81. The minimum Gasteiger partial charge on any atom is -0.478 e. The van der Waals surface area contributed by atoms with E-state index in [-0.39, 0.29) is 33.6 Å². The zero-order chi connectivity index (χ0) is 18.4. The number of carbonyl (C=O) groups is 2. The quantitative estimate of drug-likeness (QED) is 0.816. The Kier molecular flexibility index (Phi) is 4.04. The maximum absolute atomic E-state index is 13.2. The number of rotatable bonds is 4. The van der Waals surface area contributed by atoms with E-state index in [0.717, 1.165) is 10.2 Å². The first kappa shape index (κ1) is 17.4. The number of aldehydes is 1. The molecule has 0 radical (unpaired) electrons. The van der Waals surface area contributed by atoms with Gasteiger partial charge in [0.25, 0.3) is 0 Å². The van der Waals surface area contributed by atoms with Gasteiger partial charge in [-0.2, -0.15) is 0 Å². The molecule has 1 N–H and O–H groups in total. The van der Waals surface area contributed by atoms with Crippen LogP contribution < -0.4 is 0 Å². The van der Waals surface area contributed by atoms with Crippen LogP contribution in [-0.4, -0.2) is 39.5 Å². The number of carboxylic acid groups (broad SMARTS) is 1. The van der Waals surface area contributed by atoms with Crippen LogP contribution in [-0.2, 0) is 14.8 Å². The molecule has 130 valence electrons. The van der Waals surface area contributed by atoms with E-state index in [4.69, 9.17) is 11.6 Å². The van der Waals surface area contributed by atoms with E-state index in [1.165, 1.54) is 37.4 Å². The fourth-order valence-corrected chi connectivity index (χ4v) is 4.77. The summed E-state index contributed by atoms with van der Waals surface area (Å²) in [5.41, 5.74) is 0.0807. The minimum absolute atomic E-state index is 0.0224.